The number of aromatic nitrogens is 1. The maximum Gasteiger partial charge on any atom is 0.162 e. The maximum atomic E-state index is 5.68. The fourth-order valence-corrected chi connectivity index (χ4v) is 2.70. The van der Waals surface area contributed by atoms with E-state index in [1.54, 1.807) is 0 Å². The van der Waals surface area contributed by atoms with Gasteiger partial charge in [-0.05, 0) is 23.6 Å². The second-order valence-corrected chi connectivity index (χ2v) is 5.27. The van der Waals surface area contributed by atoms with Crippen LogP contribution in [-0.2, 0) is 0 Å². The lowest BCUT2D eigenvalue weighted by atomic mass is 10.1. The predicted octanol–water partition coefficient (Wildman–Crippen LogP) is 1.41. The molecule has 1 fully saturated rings. The van der Waals surface area contributed by atoms with E-state index >= 15 is 0 Å². The average molecular weight is 271 g/mol. The lowest BCUT2D eigenvalue weighted by molar-refractivity contribution is 0.172. The highest BCUT2D eigenvalue weighted by molar-refractivity contribution is 5.94. The predicted molar refractivity (Wildman–Crippen MR) is 77.8 cm³/mol. The smallest absolute Gasteiger partial charge is 0.162 e. The molecule has 1 aromatic heterocycles. The highest BCUT2D eigenvalue weighted by Gasteiger charge is 2.24. The van der Waals surface area contributed by atoms with Gasteiger partial charge in [-0.3, -0.25) is 0 Å². The first kappa shape index (κ1) is 11.8. The van der Waals surface area contributed by atoms with Crippen molar-refractivity contribution in [2.24, 2.45) is 0 Å². The molecular formula is C15H17N3O2. The summed E-state index contributed by atoms with van der Waals surface area (Å²) in [4.78, 5) is 6.81. The van der Waals surface area contributed by atoms with E-state index in [-0.39, 0.29) is 0 Å². The Morgan fingerprint density at radius 2 is 1.95 bits per heavy atom. The van der Waals surface area contributed by atoms with Crippen LogP contribution in [0.3, 0.4) is 0 Å². The minimum absolute atomic E-state index is 0.515. The summed E-state index contributed by atoms with van der Waals surface area (Å²) in [5.41, 5.74) is 0. The van der Waals surface area contributed by atoms with Crippen LogP contribution in [-0.4, -0.2) is 44.4 Å². The molecule has 5 heteroatoms. The first-order valence-electron chi connectivity index (χ1n) is 6.95. The van der Waals surface area contributed by atoms with Gasteiger partial charge in [0.2, 0.25) is 0 Å². The monoisotopic (exact) mass is 271 g/mol. The summed E-state index contributed by atoms with van der Waals surface area (Å²) >= 11 is 0. The van der Waals surface area contributed by atoms with Crippen LogP contribution < -0.4 is 19.7 Å². The van der Waals surface area contributed by atoms with Crippen LogP contribution in [0.2, 0.25) is 0 Å². The highest BCUT2D eigenvalue weighted by Crippen LogP contribution is 2.37. The van der Waals surface area contributed by atoms with Gasteiger partial charge < -0.3 is 19.7 Å². The number of likely N-dealkylation sites (N-methyl/N-ethyl adjacent to an activating group) is 1. The van der Waals surface area contributed by atoms with E-state index in [0.717, 1.165) is 41.2 Å². The van der Waals surface area contributed by atoms with Gasteiger partial charge in [0.05, 0.1) is 6.04 Å². The molecule has 0 radical (unpaired) electrons. The van der Waals surface area contributed by atoms with Crippen molar-refractivity contribution in [2.75, 3.05) is 38.3 Å². The van der Waals surface area contributed by atoms with E-state index in [2.05, 4.69) is 28.3 Å². The summed E-state index contributed by atoms with van der Waals surface area (Å²) in [7, 11) is 2.10. The van der Waals surface area contributed by atoms with Crippen molar-refractivity contribution in [1.29, 1.82) is 0 Å². The van der Waals surface area contributed by atoms with Crippen LogP contribution in [0.1, 0.15) is 0 Å². The van der Waals surface area contributed by atoms with Crippen molar-refractivity contribution >= 4 is 16.6 Å². The van der Waals surface area contributed by atoms with Gasteiger partial charge in [-0.25, -0.2) is 4.98 Å². The molecule has 0 saturated carbocycles. The van der Waals surface area contributed by atoms with E-state index in [1.165, 1.54) is 0 Å². The number of ether oxygens (including phenoxy) is 2. The number of hydrogen-bond donors (Lipinski definition) is 1. The molecule has 20 heavy (non-hydrogen) atoms. The van der Waals surface area contributed by atoms with Crippen LogP contribution in [0.5, 0.6) is 11.5 Å². The maximum absolute atomic E-state index is 5.68. The summed E-state index contributed by atoms with van der Waals surface area (Å²) in [5.74, 6) is 2.65. The molecule has 2 aromatic rings. The summed E-state index contributed by atoms with van der Waals surface area (Å²) in [6.07, 6.45) is 1.86. The van der Waals surface area contributed by atoms with E-state index < -0.39 is 0 Å². The van der Waals surface area contributed by atoms with Gasteiger partial charge in [0.15, 0.2) is 11.5 Å². The van der Waals surface area contributed by atoms with E-state index in [1.807, 2.05) is 18.3 Å². The molecule has 0 unspecified atom stereocenters. The van der Waals surface area contributed by atoms with E-state index in [9.17, 15) is 0 Å². The van der Waals surface area contributed by atoms with Crippen LogP contribution >= 0.6 is 0 Å². The number of fused-ring (bicyclic) bond motifs is 2. The molecule has 1 aromatic carbocycles. The second kappa shape index (κ2) is 4.52. The average Bonchev–Trinajstić information content (AvgIpc) is 2.42. The molecule has 1 saturated heterocycles. The second-order valence-electron chi connectivity index (χ2n) is 5.27. The summed E-state index contributed by atoms with van der Waals surface area (Å²) < 4.78 is 11.3. The number of nitrogens with zero attached hydrogens (tertiary/aromatic N) is 2. The summed E-state index contributed by atoms with van der Waals surface area (Å²) in [6, 6.07) is 6.63. The lowest BCUT2D eigenvalue weighted by Crippen LogP contribution is -2.56. The molecule has 1 N–H and O–H groups in total. The fraction of sp³-hybridized carbons (Fsp3) is 0.400. The van der Waals surface area contributed by atoms with Crippen molar-refractivity contribution < 1.29 is 9.47 Å². The SMILES string of the molecule is CN(c1nccc2cc3c(cc12)OCCO3)C1CNC1. The first-order chi connectivity index (χ1) is 9.83. The Morgan fingerprint density at radius 3 is 2.65 bits per heavy atom. The van der Waals surface area contributed by atoms with Crippen LogP contribution in [0.25, 0.3) is 10.8 Å². The minimum Gasteiger partial charge on any atom is -0.486 e. The number of rotatable bonds is 2. The van der Waals surface area contributed by atoms with Crippen LogP contribution in [0.4, 0.5) is 5.82 Å². The molecule has 2 aliphatic heterocycles. The van der Waals surface area contributed by atoms with E-state index in [0.29, 0.717) is 19.3 Å². The Hall–Kier alpha value is -2.01. The molecule has 104 valence electrons. The van der Waals surface area contributed by atoms with Crippen molar-refractivity contribution in [2.45, 2.75) is 6.04 Å². The van der Waals surface area contributed by atoms with Gasteiger partial charge in [-0.15, -0.1) is 0 Å². The van der Waals surface area contributed by atoms with Gasteiger partial charge in [0.25, 0.3) is 0 Å². The standard InChI is InChI=1S/C15H17N3O2/c1-18(11-8-16-9-11)15-12-7-14-13(19-4-5-20-14)6-10(12)2-3-17-15/h2-3,6-7,11,16H,4-5,8-9H2,1H3. The number of nitrogens with one attached hydrogen (secondary N) is 1. The summed E-state index contributed by atoms with van der Waals surface area (Å²) in [6.45, 7) is 3.25. The van der Waals surface area contributed by atoms with Gasteiger partial charge in [0.1, 0.15) is 19.0 Å². The van der Waals surface area contributed by atoms with Crippen LogP contribution in [0, 0.1) is 0 Å². The lowest BCUT2D eigenvalue weighted by Gasteiger charge is -2.37. The Morgan fingerprint density at radius 1 is 1.20 bits per heavy atom. The van der Waals surface area contributed by atoms with Crippen LogP contribution in [0.15, 0.2) is 24.4 Å². The molecular weight excluding hydrogens is 254 g/mol. The quantitative estimate of drug-likeness (QED) is 0.895. The Labute approximate surface area is 117 Å². The van der Waals surface area contributed by atoms with Crippen molar-refractivity contribution in [3.63, 3.8) is 0 Å². The van der Waals surface area contributed by atoms with Gasteiger partial charge in [-0.1, -0.05) is 0 Å². The zero-order chi connectivity index (χ0) is 13.5. The summed E-state index contributed by atoms with van der Waals surface area (Å²) in [5, 5.41) is 5.55. The number of benzene rings is 1. The Bertz CT molecular complexity index is 655. The van der Waals surface area contributed by atoms with Crippen molar-refractivity contribution in [3.05, 3.63) is 24.4 Å². The molecule has 2 aliphatic rings. The third kappa shape index (κ3) is 1.78. The Balaban J connectivity index is 1.84. The van der Waals surface area contributed by atoms with E-state index in [4.69, 9.17) is 9.47 Å². The fourth-order valence-electron chi connectivity index (χ4n) is 2.70. The highest BCUT2D eigenvalue weighted by atomic mass is 16.6. The number of pyridine rings is 1. The molecule has 0 amide bonds. The molecule has 4 rings (SSSR count). The third-order valence-electron chi connectivity index (χ3n) is 4.05. The topological polar surface area (TPSA) is 46.6 Å². The number of hydrogen-bond acceptors (Lipinski definition) is 5. The zero-order valence-electron chi connectivity index (χ0n) is 11.4. The molecule has 0 aliphatic carbocycles. The third-order valence-corrected chi connectivity index (χ3v) is 4.05. The number of anilines is 1. The zero-order valence-corrected chi connectivity index (χ0v) is 11.4. The molecule has 5 nitrogen and oxygen atoms in total. The molecule has 0 atom stereocenters. The van der Waals surface area contributed by atoms with Crippen molar-refractivity contribution in [1.82, 2.24) is 10.3 Å². The van der Waals surface area contributed by atoms with Gasteiger partial charge in [0, 0.05) is 31.7 Å². The van der Waals surface area contributed by atoms with Gasteiger partial charge >= 0.3 is 0 Å². The minimum atomic E-state index is 0.515. The first-order valence-corrected chi connectivity index (χ1v) is 6.95. The Kier molecular flexibility index (Phi) is 2.67. The van der Waals surface area contributed by atoms with Crippen molar-refractivity contribution in [3.8, 4) is 11.5 Å². The van der Waals surface area contributed by atoms with Gasteiger partial charge in [-0.2, -0.15) is 0 Å². The molecule has 3 heterocycles. The largest absolute Gasteiger partial charge is 0.486 e. The molecule has 0 spiro atoms. The normalized spacial score (nSPS) is 17.9. The molecule has 0 bridgehead atoms.